The molecule has 0 amide bonds. The van der Waals surface area contributed by atoms with Gasteiger partial charge in [0, 0.05) is 4.11 Å². The highest BCUT2D eigenvalue weighted by molar-refractivity contribution is 5.13. The summed E-state index contributed by atoms with van der Waals surface area (Å²) in [5.41, 5.74) is 0.954. The number of hydrogen-bond donors (Lipinski definition) is 1. The van der Waals surface area contributed by atoms with Crippen LogP contribution in [0.4, 0.5) is 0 Å². The van der Waals surface area contributed by atoms with Gasteiger partial charge in [-0.3, -0.25) is 0 Å². The topological polar surface area (TPSA) is 29.5 Å². The van der Waals surface area contributed by atoms with Gasteiger partial charge in [0.15, 0.2) is 0 Å². The van der Waals surface area contributed by atoms with E-state index in [1.54, 1.807) is 0 Å². The van der Waals surface area contributed by atoms with E-state index in [9.17, 15) is 5.11 Å². The van der Waals surface area contributed by atoms with E-state index in [4.69, 9.17) is 8.85 Å². The molecule has 0 saturated heterocycles. The molecule has 2 heteroatoms. The van der Waals surface area contributed by atoms with Gasteiger partial charge in [-0.05, 0) is 12.4 Å². The third-order valence-corrected chi connectivity index (χ3v) is 1.39. The molecule has 0 aromatic heterocycles. The summed E-state index contributed by atoms with van der Waals surface area (Å²) in [7, 11) is 0. The van der Waals surface area contributed by atoms with Crippen molar-refractivity contribution in [3.8, 4) is 0 Å². The Morgan fingerprint density at radius 1 is 1.50 bits per heavy atom. The van der Waals surface area contributed by atoms with Crippen molar-refractivity contribution in [3.05, 3.63) is 35.9 Å². The molecular weight excluding hydrogens is 152 g/mol. The fraction of sp³-hybridized carbons (Fsp3) is 0.400. The fourth-order valence-electron chi connectivity index (χ4n) is 0.863. The van der Waals surface area contributed by atoms with E-state index in [1.165, 1.54) is 0 Å². The first-order chi connectivity index (χ1) is 7.00. The van der Waals surface area contributed by atoms with Gasteiger partial charge >= 0.3 is 0 Å². The summed E-state index contributed by atoms with van der Waals surface area (Å²) in [4.78, 5) is 0. The molecule has 2 nitrogen and oxygen atoms in total. The monoisotopic (exact) mass is 169 g/mol. The first-order valence-corrected chi connectivity index (χ1v) is 3.80. The van der Waals surface area contributed by atoms with Gasteiger partial charge in [-0.1, -0.05) is 30.3 Å². The maximum Gasteiger partial charge on any atom is 0.0745 e. The molecule has 0 spiro atoms. The molecule has 0 radical (unpaired) electrons. The van der Waals surface area contributed by atoms with Gasteiger partial charge in [0.2, 0.25) is 0 Å². The quantitative estimate of drug-likeness (QED) is 0.741. The third-order valence-electron chi connectivity index (χ3n) is 1.39. The Morgan fingerprint density at radius 3 is 2.92 bits per heavy atom. The van der Waals surface area contributed by atoms with Crippen LogP contribution in [0.1, 0.15) is 16.5 Å². The van der Waals surface area contributed by atoms with Crippen LogP contribution in [0.2, 0.25) is 0 Å². The average Bonchev–Trinajstić information content (AvgIpc) is 2.18. The van der Waals surface area contributed by atoms with Crippen molar-refractivity contribution in [2.75, 3.05) is 6.61 Å². The van der Waals surface area contributed by atoms with Gasteiger partial charge < -0.3 is 9.84 Å². The van der Waals surface area contributed by atoms with Gasteiger partial charge in [0.1, 0.15) is 0 Å². The first-order valence-electron chi connectivity index (χ1n) is 5.30. The van der Waals surface area contributed by atoms with Gasteiger partial charge in [-0.25, -0.2) is 0 Å². The van der Waals surface area contributed by atoms with Crippen molar-refractivity contribution in [1.82, 2.24) is 0 Å². The van der Waals surface area contributed by atoms with Gasteiger partial charge in [0.05, 0.1) is 19.3 Å². The summed E-state index contributed by atoms with van der Waals surface area (Å²) in [6.07, 6.45) is -1.42. The Bertz CT molecular complexity index is 284. The first kappa shape index (κ1) is 5.73. The van der Waals surface area contributed by atoms with Gasteiger partial charge in [-0.15, -0.1) is 0 Å². The molecule has 1 atom stereocenters. The van der Waals surface area contributed by atoms with E-state index in [-0.39, 0.29) is 6.61 Å². The molecule has 0 heterocycles. The molecule has 1 aromatic rings. The van der Waals surface area contributed by atoms with E-state index in [0.717, 1.165) is 5.56 Å². The Balaban J connectivity index is 2.28. The van der Waals surface area contributed by atoms with Crippen LogP contribution in [0.25, 0.3) is 0 Å². The van der Waals surface area contributed by atoms with Crippen LogP contribution < -0.4 is 0 Å². The lowest BCUT2D eigenvalue weighted by Gasteiger charge is -2.05. The summed E-state index contributed by atoms with van der Waals surface area (Å²) in [5, 5.41) is 9.18. The highest BCUT2D eigenvalue weighted by Gasteiger charge is 1.95. The summed E-state index contributed by atoms with van der Waals surface area (Å²) >= 11 is 0. The van der Waals surface area contributed by atoms with Crippen molar-refractivity contribution in [3.63, 3.8) is 0 Å². The molecule has 1 rings (SSSR count). The van der Waals surface area contributed by atoms with E-state index in [1.807, 2.05) is 30.3 Å². The lowest BCUT2D eigenvalue weighted by atomic mass is 10.2. The van der Waals surface area contributed by atoms with Crippen LogP contribution in [0.3, 0.4) is 0 Å². The SMILES string of the molecule is [2H]C([2H])([2H])C(O)COCc1ccccc1. The molecule has 0 aliphatic rings. The number of benzene rings is 1. The summed E-state index contributed by atoms with van der Waals surface area (Å²) in [5.74, 6) is 0. The Morgan fingerprint density at radius 2 is 2.25 bits per heavy atom. The minimum atomic E-state index is -2.36. The highest BCUT2D eigenvalue weighted by Crippen LogP contribution is 2.00. The fourth-order valence-corrected chi connectivity index (χ4v) is 0.863. The maximum atomic E-state index is 9.18. The number of rotatable bonds is 4. The third kappa shape index (κ3) is 3.51. The van der Waals surface area contributed by atoms with E-state index in [0.29, 0.717) is 6.61 Å². The molecule has 66 valence electrons. The number of aliphatic hydroxyl groups excluding tert-OH is 1. The molecule has 0 saturated carbocycles. The zero-order chi connectivity index (χ0) is 11.3. The molecule has 1 unspecified atom stereocenters. The molecule has 0 aliphatic carbocycles. The lowest BCUT2D eigenvalue weighted by molar-refractivity contribution is 0.0376. The Kier molecular flexibility index (Phi) is 2.34. The number of aliphatic hydroxyl groups is 1. The molecule has 0 fully saturated rings. The molecule has 1 N–H and O–H groups in total. The number of ether oxygens (including phenoxy) is 1. The number of hydrogen-bond acceptors (Lipinski definition) is 2. The minimum Gasteiger partial charge on any atom is -0.391 e. The van der Waals surface area contributed by atoms with Crippen molar-refractivity contribution >= 4 is 0 Å². The summed E-state index contributed by atoms with van der Waals surface area (Å²) < 4.78 is 25.9. The van der Waals surface area contributed by atoms with Crippen LogP contribution >= 0.6 is 0 Å². The predicted octanol–water partition coefficient (Wildman–Crippen LogP) is 1.58. The minimum absolute atomic E-state index is 0.175. The average molecular weight is 169 g/mol. The molecular formula is C10H14O2. The lowest BCUT2D eigenvalue weighted by Crippen LogP contribution is -2.09. The smallest absolute Gasteiger partial charge is 0.0745 e. The van der Waals surface area contributed by atoms with Crippen LogP contribution in [0.15, 0.2) is 30.3 Å². The standard InChI is InChI=1S/C10H14O2/c1-9(11)7-12-8-10-5-3-2-4-6-10/h2-6,9,11H,7-8H2,1H3/i1D3. The van der Waals surface area contributed by atoms with Crippen molar-refractivity contribution < 1.29 is 14.0 Å². The summed E-state index contributed by atoms with van der Waals surface area (Å²) in [6, 6.07) is 9.39. The molecule has 1 aromatic carbocycles. The van der Waals surface area contributed by atoms with Crippen molar-refractivity contribution in [1.29, 1.82) is 0 Å². The van der Waals surface area contributed by atoms with Crippen LogP contribution in [-0.4, -0.2) is 17.8 Å². The maximum absolute atomic E-state index is 9.18. The second-order valence-electron chi connectivity index (χ2n) is 2.52. The molecule has 12 heavy (non-hydrogen) atoms. The van der Waals surface area contributed by atoms with Gasteiger partial charge in [-0.2, -0.15) is 0 Å². The molecule has 0 bridgehead atoms. The second kappa shape index (κ2) is 4.91. The molecule has 0 aliphatic heterocycles. The van der Waals surface area contributed by atoms with E-state index in [2.05, 4.69) is 0 Å². The van der Waals surface area contributed by atoms with Crippen molar-refractivity contribution in [2.24, 2.45) is 0 Å². The van der Waals surface area contributed by atoms with Crippen LogP contribution in [0.5, 0.6) is 0 Å². The largest absolute Gasteiger partial charge is 0.391 e. The van der Waals surface area contributed by atoms with Crippen LogP contribution in [-0.2, 0) is 11.3 Å². The van der Waals surface area contributed by atoms with Crippen LogP contribution in [0, 0.1) is 0 Å². The zero-order valence-corrected chi connectivity index (χ0v) is 6.73. The second-order valence-corrected chi connectivity index (χ2v) is 2.52. The van der Waals surface area contributed by atoms with E-state index < -0.39 is 13.0 Å². The van der Waals surface area contributed by atoms with Gasteiger partial charge in [0.25, 0.3) is 0 Å². The van der Waals surface area contributed by atoms with E-state index >= 15 is 0 Å². The highest BCUT2D eigenvalue weighted by atomic mass is 16.5. The summed E-state index contributed by atoms with van der Waals surface area (Å²) in [6.45, 7) is -2.23. The predicted molar refractivity (Wildman–Crippen MR) is 47.8 cm³/mol. The Labute approximate surface area is 77.0 Å². The zero-order valence-electron chi connectivity index (χ0n) is 9.73. The normalized spacial score (nSPS) is 17.6. The Hall–Kier alpha value is -0.860. The van der Waals surface area contributed by atoms with Crippen molar-refractivity contribution in [2.45, 2.75) is 19.6 Å².